The molecule has 8 heteroatoms. The Bertz CT molecular complexity index is 2190. The summed E-state index contributed by atoms with van der Waals surface area (Å²) in [6.45, 7) is 6.48. The van der Waals surface area contributed by atoms with Gasteiger partial charge < -0.3 is 9.47 Å². The highest BCUT2D eigenvalue weighted by molar-refractivity contribution is 7.91. The van der Waals surface area contributed by atoms with Gasteiger partial charge in [0.25, 0.3) is 0 Å². The molecule has 1 saturated carbocycles. The molecule has 0 amide bonds. The topological polar surface area (TPSA) is 86.7 Å². The Balaban J connectivity index is 0.999. The van der Waals surface area contributed by atoms with Crippen LogP contribution in [0.2, 0.25) is 0 Å². The van der Waals surface area contributed by atoms with E-state index in [1.807, 2.05) is 43.3 Å². The van der Waals surface area contributed by atoms with Gasteiger partial charge in [0, 0.05) is 12.5 Å². The fourth-order valence-corrected chi connectivity index (χ4v) is 9.47. The van der Waals surface area contributed by atoms with Crippen molar-refractivity contribution >= 4 is 19.7 Å². The van der Waals surface area contributed by atoms with Gasteiger partial charge in [0.15, 0.2) is 0 Å². The molecule has 3 atom stereocenters. The summed E-state index contributed by atoms with van der Waals surface area (Å²) in [5.74, 6) is 2.23. The van der Waals surface area contributed by atoms with Crippen LogP contribution in [0.5, 0.6) is 17.2 Å². The van der Waals surface area contributed by atoms with Crippen LogP contribution >= 0.6 is 0 Å². The summed E-state index contributed by atoms with van der Waals surface area (Å²) in [6, 6.07) is 33.2. The number of sulfone groups is 2. The molecular weight excluding hydrogens is 641 g/mol. The third-order valence-corrected chi connectivity index (χ3v) is 13.8. The smallest absolute Gasteiger partial charge is 0.206 e. The molecule has 1 fully saturated rings. The number of hydrogen-bond donors (Lipinski definition) is 0. The minimum atomic E-state index is -3.68. The first-order valence-corrected chi connectivity index (χ1v) is 19.2. The Morgan fingerprint density at radius 3 is 1.88 bits per heavy atom. The molecule has 0 aromatic heterocycles. The summed E-state index contributed by atoms with van der Waals surface area (Å²) in [7, 11) is -7.28. The SMILES string of the molecule is Cc1ccc(S(=O)(=O)c2ccc3c(c2)CC3Oc2cccc(Oc3ccc(S(=O)(=O)c4ccc(C5(C)CCCC5C)cc4)cc3)c2)cc1. The number of hydrogen-bond acceptors (Lipinski definition) is 6. The lowest BCUT2D eigenvalue weighted by Gasteiger charge is -2.31. The van der Waals surface area contributed by atoms with Gasteiger partial charge in [-0.25, -0.2) is 16.8 Å². The lowest BCUT2D eigenvalue weighted by atomic mass is 9.75. The monoisotopic (exact) mass is 678 g/mol. The molecule has 3 unspecified atom stereocenters. The zero-order valence-corrected chi connectivity index (χ0v) is 28.9. The van der Waals surface area contributed by atoms with Crippen LogP contribution in [0.15, 0.2) is 135 Å². The van der Waals surface area contributed by atoms with E-state index in [0.717, 1.165) is 23.1 Å². The van der Waals surface area contributed by atoms with Gasteiger partial charge in [0.1, 0.15) is 23.4 Å². The zero-order valence-electron chi connectivity index (χ0n) is 27.2. The first-order valence-electron chi connectivity index (χ1n) is 16.3. The average molecular weight is 679 g/mol. The normalized spacial score (nSPS) is 20.5. The Kier molecular flexibility index (Phi) is 8.20. The van der Waals surface area contributed by atoms with Crippen molar-refractivity contribution in [3.63, 3.8) is 0 Å². The maximum Gasteiger partial charge on any atom is 0.206 e. The van der Waals surface area contributed by atoms with Gasteiger partial charge in [-0.1, -0.05) is 62.2 Å². The van der Waals surface area contributed by atoms with Crippen LogP contribution in [0, 0.1) is 12.8 Å². The maximum absolute atomic E-state index is 13.4. The first-order chi connectivity index (χ1) is 22.9. The van der Waals surface area contributed by atoms with Gasteiger partial charge >= 0.3 is 0 Å². The minimum Gasteiger partial charge on any atom is -0.485 e. The molecule has 0 radical (unpaired) electrons. The van der Waals surface area contributed by atoms with Crippen molar-refractivity contribution in [1.82, 2.24) is 0 Å². The van der Waals surface area contributed by atoms with Crippen LogP contribution in [-0.2, 0) is 31.5 Å². The van der Waals surface area contributed by atoms with Crippen LogP contribution in [0.25, 0.3) is 0 Å². The van der Waals surface area contributed by atoms with E-state index in [9.17, 15) is 16.8 Å². The van der Waals surface area contributed by atoms with E-state index in [-0.39, 0.29) is 31.1 Å². The molecule has 5 aromatic rings. The summed E-state index contributed by atoms with van der Waals surface area (Å²) in [5.41, 5.74) is 4.19. The molecule has 6 nitrogen and oxygen atoms in total. The van der Waals surface area contributed by atoms with Crippen LogP contribution in [-0.4, -0.2) is 16.8 Å². The standard InChI is InChI=1S/C40H38O6S2/c1-27-9-15-34(16-10-27)48(43,44)37-21-22-38-29(24-37)25-39(38)46-33-8-4-7-32(26-33)45-31-13-19-36(20-14-31)47(41,42)35-17-11-30(12-18-35)40(3)23-5-6-28(40)2/h4,7-22,24,26,28,39H,5-6,23,25H2,1-3H3. The van der Waals surface area contributed by atoms with Crippen LogP contribution in [0.1, 0.15) is 61.5 Å². The molecule has 0 heterocycles. The molecular formula is C40H38O6S2. The molecule has 2 aliphatic rings. The largest absolute Gasteiger partial charge is 0.485 e. The van der Waals surface area contributed by atoms with Crippen molar-refractivity contribution in [2.45, 2.75) is 77.6 Å². The Hall–Kier alpha value is -4.40. The van der Waals surface area contributed by atoms with Crippen molar-refractivity contribution in [2.75, 3.05) is 0 Å². The van der Waals surface area contributed by atoms with Gasteiger partial charge in [0.05, 0.1) is 19.6 Å². The predicted molar refractivity (Wildman–Crippen MR) is 185 cm³/mol. The molecule has 0 N–H and O–H groups in total. The lowest BCUT2D eigenvalue weighted by molar-refractivity contribution is 0.180. The highest BCUT2D eigenvalue weighted by Crippen LogP contribution is 2.45. The molecule has 5 aromatic carbocycles. The second-order valence-electron chi connectivity index (χ2n) is 13.3. The fourth-order valence-electron chi connectivity index (χ4n) is 6.90. The van der Waals surface area contributed by atoms with Crippen LogP contribution in [0.4, 0.5) is 0 Å². The third kappa shape index (κ3) is 5.92. The number of ether oxygens (including phenoxy) is 2. The quantitative estimate of drug-likeness (QED) is 0.155. The summed E-state index contributed by atoms with van der Waals surface area (Å²) < 4.78 is 65.3. The molecule has 0 aliphatic heterocycles. The van der Waals surface area contributed by atoms with Crippen LogP contribution in [0.3, 0.4) is 0 Å². The molecule has 0 bridgehead atoms. The summed E-state index contributed by atoms with van der Waals surface area (Å²) in [5, 5.41) is 0. The average Bonchev–Trinajstić information content (AvgIpc) is 3.42. The van der Waals surface area contributed by atoms with Crippen molar-refractivity contribution in [1.29, 1.82) is 0 Å². The highest BCUT2D eigenvalue weighted by Gasteiger charge is 2.37. The van der Waals surface area contributed by atoms with Crippen molar-refractivity contribution < 1.29 is 26.3 Å². The molecule has 48 heavy (non-hydrogen) atoms. The van der Waals surface area contributed by atoms with E-state index < -0.39 is 19.7 Å². The molecule has 2 aliphatic carbocycles. The number of aryl methyl sites for hydroxylation is 1. The molecule has 246 valence electrons. The van der Waals surface area contributed by atoms with Crippen LogP contribution < -0.4 is 9.47 Å². The molecule has 0 spiro atoms. The lowest BCUT2D eigenvalue weighted by Crippen LogP contribution is -2.24. The molecule has 0 saturated heterocycles. The Labute approximate surface area is 283 Å². The fraction of sp³-hybridized carbons (Fsp3) is 0.250. The van der Waals surface area contributed by atoms with E-state index in [1.165, 1.54) is 18.4 Å². The second-order valence-corrected chi connectivity index (χ2v) is 17.2. The minimum absolute atomic E-state index is 0.0868. The van der Waals surface area contributed by atoms with Crippen molar-refractivity contribution in [2.24, 2.45) is 5.92 Å². The summed E-state index contributed by atoms with van der Waals surface area (Å²) in [4.78, 5) is 1.04. The van der Waals surface area contributed by atoms with E-state index in [1.54, 1.807) is 78.9 Å². The predicted octanol–water partition coefficient (Wildman–Crippen LogP) is 9.21. The van der Waals surface area contributed by atoms with E-state index in [2.05, 4.69) is 13.8 Å². The van der Waals surface area contributed by atoms with Crippen molar-refractivity contribution in [3.8, 4) is 17.2 Å². The van der Waals surface area contributed by atoms with E-state index in [4.69, 9.17) is 9.47 Å². The maximum atomic E-state index is 13.4. The molecule has 7 rings (SSSR count). The third-order valence-electron chi connectivity index (χ3n) is 10.2. The summed E-state index contributed by atoms with van der Waals surface area (Å²) in [6.07, 6.45) is 3.91. The number of benzene rings is 5. The van der Waals surface area contributed by atoms with Gasteiger partial charge in [-0.05, 0) is 121 Å². The Morgan fingerprint density at radius 1 is 0.667 bits per heavy atom. The number of rotatable bonds is 9. The van der Waals surface area contributed by atoms with Gasteiger partial charge in [-0.2, -0.15) is 0 Å². The van der Waals surface area contributed by atoms with Gasteiger partial charge in [-0.15, -0.1) is 0 Å². The van der Waals surface area contributed by atoms with Gasteiger partial charge in [0.2, 0.25) is 19.7 Å². The van der Waals surface area contributed by atoms with E-state index in [0.29, 0.717) is 29.6 Å². The van der Waals surface area contributed by atoms with E-state index >= 15 is 0 Å². The highest BCUT2D eigenvalue weighted by atomic mass is 32.2. The van der Waals surface area contributed by atoms with Gasteiger partial charge in [-0.3, -0.25) is 0 Å². The zero-order chi connectivity index (χ0) is 33.7. The van der Waals surface area contributed by atoms with Crippen molar-refractivity contribution in [3.05, 3.63) is 138 Å². The summed E-state index contributed by atoms with van der Waals surface area (Å²) >= 11 is 0. The number of fused-ring (bicyclic) bond motifs is 1. The first kappa shape index (κ1) is 32.2. The Morgan fingerprint density at radius 2 is 1.25 bits per heavy atom. The second kappa shape index (κ2) is 12.2.